The molecule has 1 aromatic carbocycles. The third-order valence-electron chi connectivity index (χ3n) is 3.01. The van der Waals surface area contributed by atoms with Gasteiger partial charge in [0.2, 0.25) is 0 Å². The number of aryl methyl sites for hydroxylation is 1. The van der Waals surface area contributed by atoms with Crippen molar-refractivity contribution in [3.8, 4) is 0 Å². The monoisotopic (exact) mass is 308 g/mol. The van der Waals surface area contributed by atoms with E-state index in [1.54, 1.807) is 13.1 Å². The number of anilines is 2. The molecule has 2 N–H and O–H groups in total. The molecule has 2 rings (SSSR count). The van der Waals surface area contributed by atoms with E-state index in [-0.39, 0.29) is 11.1 Å². The van der Waals surface area contributed by atoms with Gasteiger partial charge in [-0.1, -0.05) is 20.8 Å². The zero-order valence-electron chi connectivity index (χ0n) is 12.9. The molecule has 7 heteroatoms. The van der Waals surface area contributed by atoms with Gasteiger partial charge in [0.05, 0.1) is 5.69 Å². The molecule has 0 fully saturated rings. The van der Waals surface area contributed by atoms with Crippen molar-refractivity contribution in [2.45, 2.75) is 26.2 Å². The quantitative estimate of drug-likeness (QED) is 0.890. The summed E-state index contributed by atoms with van der Waals surface area (Å²) in [6.07, 6.45) is 0. The second-order valence-corrected chi connectivity index (χ2v) is 6.03. The number of nitrogens with zero attached hydrogens (tertiary/aromatic N) is 2. The summed E-state index contributed by atoms with van der Waals surface area (Å²) in [4.78, 5) is 11.9. The van der Waals surface area contributed by atoms with E-state index in [4.69, 9.17) is 0 Å². The number of halogens is 2. The Balaban J connectivity index is 2.11. The average Bonchev–Trinajstić information content (AvgIpc) is 2.69. The second-order valence-electron chi connectivity index (χ2n) is 6.03. The van der Waals surface area contributed by atoms with E-state index >= 15 is 0 Å². The summed E-state index contributed by atoms with van der Waals surface area (Å²) >= 11 is 0. The number of hydrogen-bond donors (Lipinski definition) is 2. The van der Waals surface area contributed by atoms with Crippen molar-refractivity contribution in [3.05, 3.63) is 41.6 Å². The average molecular weight is 308 g/mol. The first-order chi connectivity index (χ1) is 10.1. The summed E-state index contributed by atoms with van der Waals surface area (Å²) in [5.74, 6) is -1.03. The summed E-state index contributed by atoms with van der Waals surface area (Å²) < 4.78 is 27.7. The predicted octanol–water partition coefficient (Wildman–Crippen LogP) is 3.64. The highest BCUT2D eigenvalue weighted by Crippen LogP contribution is 2.23. The number of nitrogens with one attached hydrogen (secondary N) is 2. The molecule has 2 amide bonds. The van der Waals surface area contributed by atoms with Gasteiger partial charge in [0, 0.05) is 30.3 Å². The molecule has 5 nitrogen and oxygen atoms in total. The molecule has 0 radical (unpaired) electrons. The fourth-order valence-electron chi connectivity index (χ4n) is 1.86. The first-order valence-electron chi connectivity index (χ1n) is 6.74. The largest absolute Gasteiger partial charge is 0.324 e. The van der Waals surface area contributed by atoms with Crippen molar-refractivity contribution in [1.82, 2.24) is 9.78 Å². The maximum atomic E-state index is 13.1. The predicted molar refractivity (Wildman–Crippen MR) is 80.9 cm³/mol. The molecule has 0 aliphatic carbocycles. The Labute approximate surface area is 127 Å². The molecular weight excluding hydrogens is 290 g/mol. The molecule has 0 saturated heterocycles. The van der Waals surface area contributed by atoms with Gasteiger partial charge in [-0.25, -0.2) is 13.6 Å². The van der Waals surface area contributed by atoms with Crippen molar-refractivity contribution in [2.24, 2.45) is 7.05 Å². The van der Waals surface area contributed by atoms with Crippen molar-refractivity contribution >= 4 is 17.5 Å². The van der Waals surface area contributed by atoms with Gasteiger partial charge in [-0.2, -0.15) is 5.10 Å². The molecule has 0 aliphatic rings. The summed E-state index contributed by atoms with van der Waals surface area (Å²) in [5.41, 5.74) is 0.704. The Morgan fingerprint density at radius 2 is 1.68 bits per heavy atom. The fraction of sp³-hybridized carbons (Fsp3) is 0.333. The van der Waals surface area contributed by atoms with Gasteiger partial charge < -0.3 is 5.32 Å². The van der Waals surface area contributed by atoms with Crippen LogP contribution in [-0.2, 0) is 12.5 Å². The zero-order chi connectivity index (χ0) is 16.5. The molecule has 0 unspecified atom stereocenters. The molecule has 1 heterocycles. The minimum Gasteiger partial charge on any atom is -0.307 e. The molecule has 22 heavy (non-hydrogen) atoms. The van der Waals surface area contributed by atoms with Crippen LogP contribution in [-0.4, -0.2) is 15.8 Å². The first-order valence-corrected chi connectivity index (χ1v) is 6.74. The summed E-state index contributed by atoms with van der Waals surface area (Å²) in [7, 11) is 1.70. The van der Waals surface area contributed by atoms with Gasteiger partial charge >= 0.3 is 6.03 Å². The number of aromatic nitrogens is 2. The van der Waals surface area contributed by atoms with Gasteiger partial charge in [-0.3, -0.25) is 10.00 Å². The van der Waals surface area contributed by atoms with Crippen molar-refractivity contribution in [3.63, 3.8) is 0 Å². The number of benzene rings is 1. The van der Waals surface area contributed by atoms with Crippen LogP contribution in [0.4, 0.5) is 25.1 Å². The van der Waals surface area contributed by atoms with E-state index in [1.807, 2.05) is 20.8 Å². The number of hydrogen-bond acceptors (Lipinski definition) is 2. The maximum absolute atomic E-state index is 13.1. The normalized spacial score (nSPS) is 11.4. The highest BCUT2D eigenvalue weighted by Gasteiger charge is 2.19. The van der Waals surface area contributed by atoms with E-state index in [1.165, 1.54) is 4.68 Å². The Hall–Kier alpha value is -2.44. The molecule has 118 valence electrons. The van der Waals surface area contributed by atoms with Crippen LogP contribution >= 0.6 is 0 Å². The van der Waals surface area contributed by atoms with E-state index in [0.29, 0.717) is 5.82 Å². The number of carbonyl (C=O) groups excluding carboxylic acids is 1. The molecule has 0 spiro atoms. The summed E-state index contributed by atoms with van der Waals surface area (Å²) in [6, 6.07) is 3.96. The first kappa shape index (κ1) is 15.9. The molecule has 0 aliphatic heterocycles. The molecule has 2 aromatic rings. The third-order valence-corrected chi connectivity index (χ3v) is 3.01. The Kier molecular flexibility index (Phi) is 4.16. The highest BCUT2D eigenvalue weighted by atomic mass is 19.1. The highest BCUT2D eigenvalue weighted by molar-refractivity contribution is 5.99. The lowest BCUT2D eigenvalue weighted by atomic mass is 9.92. The Morgan fingerprint density at radius 3 is 2.18 bits per heavy atom. The maximum Gasteiger partial charge on any atom is 0.324 e. The van der Waals surface area contributed by atoms with Crippen LogP contribution in [0, 0.1) is 11.6 Å². The van der Waals surface area contributed by atoms with Crippen molar-refractivity contribution in [2.75, 3.05) is 10.6 Å². The minimum atomic E-state index is -0.758. The van der Waals surface area contributed by atoms with Crippen LogP contribution in [0.25, 0.3) is 0 Å². The minimum absolute atomic E-state index is 0.0354. The van der Waals surface area contributed by atoms with Crippen LogP contribution in [0.2, 0.25) is 0 Å². The van der Waals surface area contributed by atoms with Gasteiger partial charge in [0.1, 0.15) is 17.5 Å². The lowest BCUT2D eigenvalue weighted by molar-refractivity contribution is 0.262. The smallest absolute Gasteiger partial charge is 0.307 e. The van der Waals surface area contributed by atoms with E-state index in [2.05, 4.69) is 15.7 Å². The van der Waals surface area contributed by atoms with Gasteiger partial charge in [-0.05, 0) is 12.1 Å². The number of carbonyl (C=O) groups is 1. The Morgan fingerprint density at radius 1 is 1.09 bits per heavy atom. The van der Waals surface area contributed by atoms with E-state index < -0.39 is 17.7 Å². The molecule has 0 atom stereocenters. The van der Waals surface area contributed by atoms with Crippen LogP contribution in [0.5, 0.6) is 0 Å². The topological polar surface area (TPSA) is 59.0 Å². The fourth-order valence-corrected chi connectivity index (χ4v) is 1.86. The molecule has 0 bridgehead atoms. The van der Waals surface area contributed by atoms with Gasteiger partial charge in [0.25, 0.3) is 0 Å². The van der Waals surface area contributed by atoms with E-state index in [9.17, 15) is 13.6 Å². The van der Waals surface area contributed by atoms with Gasteiger partial charge in [0.15, 0.2) is 0 Å². The second kappa shape index (κ2) is 5.75. The third kappa shape index (κ3) is 3.81. The van der Waals surface area contributed by atoms with Crippen LogP contribution in [0.15, 0.2) is 24.3 Å². The molecule has 1 aromatic heterocycles. The lowest BCUT2D eigenvalue weighted by Crippen LogP contribution is -2.21. The number of amides is 2. The number of rotatable bonds is 2. The Bertz CT molecular complexity index is 684. The van der Waals surface area contributed by atoms with Crippen LogP contribution in [0.1, 0.15) is 26.5 Å². The lowest BCUT2D eigenvalue weighted by Gasteiger charge is -2.13. The number of urea groups is 1. The van der Waals surface area contributed by atoms with Crippen molar-refractivity contribution < 1.29 is 13.6 Å². The zero-order valence-corrected chi connectivity index (χ0v) is 12.9. The SMILES string of the molecule is Cn1nc(C(C)(C)C)cc1NC(=O)Nc1cc(F)cc(F)c1. The summed E-state index contributed by atoms with van der Waals surface area (Å²) in [5, 5.41) is 9.30. The molecule has 0 saturated carbocycles. The van der Waals surface area contributed by atoms with Crippen molar-refractivity contribution in [1.29, 1.82) is 0 Å². The van der Waals surface area contributed by atoms with Crippen LogP contribution < -0.4 is 10.6 Å². The van der Waals surface area contributed by atoms with E-state index in [0.717, 1.165) is 23.9 Å². The van der Waals surface area contributed by atoms with Crippen LogP contribution in [0.3, 0.4) is 0 Å². The van der Waals surface area contributed by atoms with Gasteiger partial charge in [-0.15, -0.1) is 0 Å². The standard InChI is InChI=1S/C15H18F2N4O/c1-15(2,3)12-8-13(21(4)20-12)19-14(22)18-11-6-9(16)5-10(17)7-11/h5-8H,1-4H3,(H2,18,19,22). The summed E-state index contributed by atoms with van der Waals surface area (Å²) in [6.45, 7) is 6.03. The molecular formula is C15H18F2N4O.